The number of carbonyl (C=O) groups excluding carboxylic acids is 1. The first kappa shape index (κ1) is 20.5. The highest BCUT2D eigenvalue weighted by atomic mass is 19.4. The lowest BCUT2D eigenvalue weighted by Crippen LogP contribution is -2.08. The summed E-state index contributed by atoms with van der Waals surface area (Å²) < 4.78 is 83.6. The fourth-order valence-electron chi connectivity index (χ4n) is 3.02. The maximum atomic E-state index is 13.2. The lowest BCUT2D eigenvalue weighted by atomic mass is 9.90. The Morgan fingerprint density at radius 3 is 2.07 bits per heavy atom. The molecule has 0 saturated carbocycles. The number of phenols is 1. The molecule has 152 valence electrons. The standard InChI is InChI=1S/C20H12F6O3/c1-29-18(28)15-9-16(27)13-6-5-12(20(24,25)26)8-14(13)17(15)10-3-2-4-11(7-10)19(21,22)23/h2-9,27H,1H3. The summed E-state index contributed by atoms with van der Waals surface area (Å²) in [6.07, 6.45) is -9.44. The van der Waals surface area contributed by atoms with Crippen molar-refractivity contribution in [3.05, 3.63) is 65.2 Å². The summed E-state index contributed by atoms with van der Waals surface area (Å²) in [5, 5.41) is 9.88. The zero-order valence-corrected chi connectivity index (χ0v) is 14.7. The van der Waals surface area contributed by atoms with Crippen LogP contribution in [-0.4, -0.2) is 18.2 Å². The van der Waals surface area contributed by atoms with Crippen molar-refractivity contribution in [3.8, 4) is 16.9 Å². The van der Waals surface area contributed by atoms with E-state index in [1.165, 1.54) is 6.07 Å². The van der Waals surface area contributed by atoms with Crippen LogP contribution in [0, 0.1) is 0 Å². The number of aromatic hydroxyl groups is 1. The number of benzene rings is 3. The number of hydrogen-bond donors (Lipinski definition) is 1. The third-order valence-corrected chi connectivity index (χ3v) is 4.33. The van der Waals surface area contributed by atoms with Gasteiger partial charge >= 0.3 is 18.3 Å². The Bertz CT molecular complexity index is 1100. The van der Waals surface area contributed by atoms with Crippen LogP contribution in [-0.2, 0) is 17.1 Å². The van der Waals surface area contributed by atoms with Gasteiger partial charge in [-0.1, -0.05) is 18.2 Å². The maximum absolute atomic E-state index is 13.2. The Balaban J connectivity index is 2.45. The minimum Gasteiger partial charge on any atom is -0.507 e. The van der Waals surface area contributed by atoms with Gasteiger partial charge in [-0.25, -0.2) is 4.79 Å². The van der Waals surface area contributed by atoms with Crippen LogP contribution < -0.4 is 0 Å². The van der Waals surface area contributed by atoms with Gasteiger partial charge in [-0.15, -0.1) is 0 Å². The molecular weight excluding hydrogens is 402 g/mol. The molecule has 0 saturated heterocycles. The topological polar surface area (TPSA) is 46.5 Å². The van der Waals surface area contributed by atoms with Crippen molar-refractivity contribution >= 4 is 16.7 Å². The first-order valence-corrected chi connectivity index (χ1v) is 8.06. The molecule has 29 heavy (non-hydrogen) atoms. The van der Waals surface area contributed by atoms with E-state index in [2.05, 4.69) is 4.74 Å². The van der Waals surface area contributed by atoms with Crippen LogP contribution >= 0.6 is 0 Å². The van der Waals surface area contributed by atoms with E-state index in [1.54, 1.807) is 0 Å². The van der Waals surface area contributed by atoms with Gasteiger partial charge in [0, 0.05) is 10.9 Å². The van der Waals surface area contributed by atoms with Crippen LogP contribution in [0.5, 0.6) is 5.75 Å². The highest BCUT2D eigenvalue weighted by Crippen LogP contribution is 2.42. The highest BCUT2D eigenvalue weighted by Gasteiger charge is 2.33. The van der Waals surface area contributed by atoms with E-state index in [-0.39, 0.29) is 27.5 Å². The van der Waals surface area contributed by atoms with Crippen molar-refractivity contribution in [3.63, 3.8) is 0 Å². The molecule has 0 amide bonds. The van der Waals surface area contributed by atoms with Gasteiger partial charge in [0.1, 0.15) is 5.75 Å². The molecule has 0 fully saturated rings. The van der Waals surface area contributed by atoms with Crippen LogP contribution in [0.2, 0.25) is 0 Å². The van der Waals surface area contributed by atoms with Crippen LogP contribution in [0.4, 0.5) is 26.3 Å². The van der Waals surface area contributed by atoms with Gasteiger partial charge < -0.3 is 9.84 Å². The molecular formula is C20H12F6O3. The molecule has 0 aliphatic rings. The Hall–Kier alpha value is -3.23. The summed E-state index contributed by atoms with van der Waals surface area (Å²) in [5.74, 6) is -1.53. The van der Waals surface area contributed by atoms with Gasteiger partial charge in [0.2, 0.25) is 0 Å². The molecule has 0 unspecified atom stereocenters. The molecule has 0 spiro atoms. The Morgan fingerprint density at radius 2 is 1.48 bits per heavy atom. The number of halogens is 6. The molecule has 0 radical (unpaired) electrons. The van der Waals surface area contributed by atoms with E-state index in [9.17, 15) is 36.2 Å². The number of fused-ring (bicyclic) bond motifs is 1. The van der Waals surface area contributed by atoms with E-state index in [1.807, 2.05) is 0 Å². The molecule has 9 heteroatoms. The first-order chi connectivity index (χ1) is 13.4. The molecule has 0 aliphatic heterocycles. The molecule has 0 bridgehead atoms. The lowest BCUT2D eigenvalue weighted by Gasteiger charge is -2.17. The molecule has 3 nitrogen and oxygen atoms in total. The van der Waals surface area contributed by atoms with Crippen molar-refractivity contribution < 1.29 is 41.0 Å². The van der Waals surface area contributed by atoms with Gasteiger partial charge in [-0.3, -0.25) is 0 Å². The number of hydrogen-bond acceptors (Lipinski definition) is 3. The van der Waals surface area contributed by atoms with Gasteiger partial charge in [0.15, 0.2) is 0 Å². The minimum atomic E-state index is -4.74. The number of carbonyl (C=O) groups is 1. The zero-order chi connectivity index (χ0) is 21.6. The predicted molar refractivity (Wildman–Crippen MR) is 92.4 cm³/mol. The summed E-state index contributed by atoms with van der Waals surface area (Å²) in [6.45, 7) is 0. The summed E-state index contributed by atoms with van der Waals surface area (Å²) in [4.78, 5) is 12.2. The summed E-state index contributed by atoms with van der Waals surface area (Å²) in [7, 11) is 1.01. The average molecular weight is 414 g/mol. The Kier molecular flexibility index (Phi) is 4.94. The maximum Gasteiger partial charge on any atom is 0.416 e. The average Bonchev–Trinajstić information content (AvgIpc) is 2.65. The molecule has 3 rings (SSSR count). The molecule has 3 aromatic rings. The van der Waals surface area contributed by atoms with Gasteiger partial charge in [-0.05, 0) is 41.3 Å². The number of ether oxygens (including phenoxy) is 1. The molecule has 3 aromatic carbocycles. The van der Waals surface area contributed by atoms with Crippen LogP contribution in [0.25, 0.3) is 21.9 Å². The van der Waals surface area contributed by atoms with Crippen molar-refractivity contribution in [2.24, 2.45) is 0 Å². The smallest absolute Gasteiger partial charge is 0.416 e. The van der Waals surface area contributed by atoms with Gasteiger partial charge in [0.05, 0.1) is 23.8 Å². The number of phenolic OH excluding ortho intramolecular Hbond substituents is 1. The second kappa shape index (κ2) is 6.98. The second-order valence-electron chi connectivity index (χ2n) is 6.15. The van der Waals surface area contributed by atoms with E-state index in [4.69, 9.17) is 0 Å². The Labute approximate surface area is 160 Å². The number of alkyl halides is 6. The summed E-state index contributed by atoms with van der Waals surface area (Å²) >= 11 is 0. The molecule has 0 aliphatic carbocycles. The van der Waals surface area contributed by atoms with Crippen molar-refractivity contribution in [2.75, 3.05) is 7.11 Å². The first-order valence-electron chi connectivity index (χ1n) is 8.06. The Morgan fingerprint density at radius 1 is 0.862 bits per heavy atom. The number of methoxy groups -OCH3 is 1. The highest BCUT2D eigenvalue weighted by molar-refractivity contribution is 6.10. The summed E-state index contributed by atoms with van der Waals surface area (Å²) in [5.41, 5.74) is -2.85. The van der Waals surface area contributed by atoms with Gasteiger partial charge in [0.25, 0.3) is 0 Å². The third-order valence-electron chi connectivity index (χ3n) is 4.33. The van der Waals surface area contributed by atoms with E-state index < -0.39 is 35.2 Å². The number of rotatable bonds is 2. The van der Waals surface area contributed by atoms with Crippen LogP contribution in [0.15, 0.2) is 48.5 Å². The van der Waals surface area contributed by atoms with E-state index >= 15 is 0 Å². The van der Waals surface area contributed by atoms with Gasteiger partial charge in [-0.2, -0.15) is 26.3 Å². The SMILES string of the molecule is COC(=O)c1cc(O)c2ccc(C(F)(F)F)cc2c1-c1cccc(C(F)(F)F)c1. The minimum absolute atomic E-state index is 0.0573. The number of esters is 1. The van der Waals surface area contributed by atoms with E-state index in [0.717, 1.165) is 43.5 Å². The quantitative estimate of drug-likeness (QED) is 0.411. The molecule has 0 aromatic heterocycles. The van der Waals surface area contributed by atoms with Crippen molar-refractivity contribution in [1.29, 1.82) is 0 Å². The van der Waals surface area contributed by atoms with Crippen LogP contribution in [0.1, 0.15) is 21.5 Å². The largest absolute Gasteiger partial charge is 0.507 e. The normalized spacial score (nSPS) is 12.2. The summed E-state index contributed by atoms with van der Waals surface area (Å²) in [6, 6.07) is 7.18. The third kappa shape index (κ3) is 3.85. The lowest BCUT2D eigenvalue weighted by molar-refractivity contribution is -0.138. The predicted octanol–water partition coefficient (Wildman–Crippen LogP) is 6.04. The fraction of sp³-hybridized carbons (Fsp3) is 0.150. The monoisotopic (exact) mass is 414 g/mol. The zero-order valence-electron chi connectivity index (χ0n) is 14.7. The van der Waals surface area contributed by atoms with Crippen molar-refractivity contribution in [2.45, 2.75) is 12.4 Å². The van der Waals surface area contributed by atoms with Crippen LogP contribution in [0.3, 0.4) is 0 Å². The second-order valence-corrected chi connectivity index (χ2v) is 6.15. The fourth-order valence-corrected chi connectivity index (χ4v) is 3.02. The molecule has 0 atom stereocenters. The van der Waals surface area contributed by atoms with Crippen molar-refractivity contribution in [1.82, 2.24) is 0 Å². The molecule has 1 N–H and O–H groups in total. The van der Waals surface area contributed by atoms with E-state index in [0.29, 0.717) is 6.07 Å². The molecule has 0 heterocycles.